The van der Waals surface area contributed by atoms with Gasteiger partial charge >= 0.3 is 0 Å². The van der Waals surface area contributed by atoms with E-state index in [9.17, 15) is 0 Å². The van der Waals surface area contributed by atoms with Crippen molar-refractivity contribution in [3.05, 3.63) is 35.9 Å². The molecule has 4 N–H and O–H groups in total. The largest absolute Gasteiger partial charge is 0.326 e. The molecular formula is C20H36N8. The van der Waals surface area contributed by atoms with E-state index in [4.69, 9.17) is 11.5 Å². The van der Waals surface area contributed by atoms with Crippen molar-refractivity contribution in [2.75, 3.05) is 40.3 Å². The highest BCUT2D eigenvalue weighted by Gasteiger charge is 2.27. The predicted molar refractivity (Wildman–Crippen MR) is 112 cm³/mol. The zero-order chi connectivity index (χ0) is 20.3. The van der Waals surface area contributed by atoms with Crippen LogP contribution in [-0.4, -0.2) is 81.7 Å². The van der Waals surface area contributed by atoms with Gasteiger partial charge in [-0.25, -0.2) is 0 Å². The Bertz CT molecular complexity index is 676. The summed E-state index contributed by atoms with van der Waals surface area (Å²) in [6, 6.07) is 0.496. The van der Waals surface area contributed by atoms with Crippen LogP contribution in [-0.2, 0) is 14.1 Å². The number of nitrogens with zero attached hydrogens (tertiary/aromatic N) is 6. The second kappa shape index (κ2) is 9.17. The number of nitrogens with two attached hydrogens (primary N) is 2. The zero-order valence-corrected chi connectivity index (χ0v) is 17.7. The van der Waals surface area contributed by atoms with Crippen LogP contribution in [0.25, 0.3) is 0 Å². The molecule has 2 aliphatic heterocycles. The topological polar surface area (TPSA) is 94.2 Å². The molecule has 0 unspecified atom stereocenters. The van der Waals surface area contributed by atoms with Crippen LogP contribution in [0.1, 0.15) is 35.8 Å². The summed E-state index contributed by atoms with van der Waals surface area (Å²) >= 11 is 0. The van der Waals surface area contributed by atoms with Crippen LogP contribution in [0.2, 0.25) is 0 Å². The fourth-order valence-electron chi connectivity index (χ4n) is 4.39. The highest BCUT2D eigenvalue weighted by Crippen LogP contribution is 2.27. The maximum Gasteiger partial charge on any atom is 0.0525 e. The van der Waals surface area contributed by atoms with Gasteiger partial charge in [0.1, 0.15) is 0 Å². The van der Waals surface area contributed by atoms with Crippen LogP contribution < -0.4 is 11.5 Å². The van der Waals surface area contributed by atoms with Crippen LogP contribution in [0.3, 0.4) is 0 Å². The van der Waals surface area contributed by atoms with Crippen LogP contribution >= 0.6 is 0 Å². The highest BCUT2D eigenvalue weighted by molar-refractivity contribution is 5.16. The quantitative estimate of drug-likeness (QED) is 0.770. The van der Waals surface area contributed by atoms with Crippen LogP contribution in [0, 0.1) is 0 Å². The van der Waals surface area contributed by atoms with Gasteiger partial charge in [0.05, 0.1) is 12.4 Å². The number of aromatic nitrogens is 4. The van der Waals surface area contributed by atoms with Crippen molar-refractivity contribution >= 4 is 0 Å². The van der Waals surface area contributed by atoms with Gasteiger partial charge < -0.3 is 21.3 Å². The Hall–Kier alpha value is -1.74. The molecule has 0 saturated carbocycles. The second-order valence-corrected chi connectivity index (χ2v) is 8.54. The summed E-state index contributed by atoms with van der Waals surface area (Å²) in [5.74, 6) is 0.972. The number of hydrogen-bond acceptors (Lipinski definition) is 6. The molecule has 8 nitrogen and oxygen atoms in total. The van der Waals surface area contributed by atoms with Gasteiger partial charge in [-0.3, -0.25) is 9.36 Å². The zero-order valence-electron chi connectivity index (χ0n) is 17.7. The number of aryl methyl sites for hydroxylation is 2. The summed E-state index contributed by atoms with van der Waals surface area (Å²) in [4.78, 5) is 4.58. The van der Waals surface area contributed by atoms with E-state index in [0.29, 0.717) is 11.8 Å². The van der Waals surface area contributed by atoms with Crippen molar-refractivity contribution in [1.82, 2.24) is 29.4 Å². The molecule has 156 valence electrons. The summed E-state index contributed by atoms with van der Waals surface area (Å²) < 4.78 is 3.70. The minimum atomic E-state index is 0.248. The highest BCUT2D eigenvalue weighted by atomic mass is 15.2. The van der Waals surface area contributed by atoms with Crippen LogP contribution in [0.5, 0.6) is 0 Å². The molecule has 0 spiro atoms. The summed E-state index contributed by atoms with van der Waals surface area (Å²) in [5, 5.41) is 8.39. The normalized spacial score (nSPS) is 29.4. The minimum absolute atomic E-state index is 0.248. The minimum Gasteiger partial charge on any atom is -0.326 e. The third-order valence-corrected chi connectivity index (χ3v) is 6.03. The first-order chi connectivity index (χ1) is 13.3. The molecular weight excluding hydrogens is 352 g/mol. The molecule has 2 aliphatic rings. The van der Waals surface area contributed by atoms with E-state index in [-0.39, 0.29) is 12.1 Å². The van der Waals surface area contributed by atoms with Gasteiger partial charge in [-0.1, -0.05) is 0 Å². The van der Waals surface area contributed by atoms with Crippen molar-refractivity contribution in [3.8, 4) is 0 Å². The molecule has 4 atom stereocenters. The van der Waals surface area contributed by atoms with Gasteiger partial charge in [0.15, 0.2) is 0 Å². The van der Waals surface area contributed by atoms with Crippen molar-refractivity contribution < 1.29 is 0 Å². The van der Waals surface area contributed by atoms with Gasteiger partial charge in [-0.05, 0) is 51.2 Å². The summed E-state index contributed by atoms with van der Waals surface area (Å²) in [7, 11) is 8.15. The smallest absolute Gasteiger partial charge is 0.0525 e. The summed E-state index contributed by atoms with van der Waals surface area (Å²) in [6.45, 7) is 4.24. The Labute approximate surface area is 168 Å². The maximum absolute atomic E-state index is 6.13. The Balaban J connectivity index is 0.000000161. The molecule has 2 saturated heterocycles. The first-order valence-corrected chi connectivity index (χ1v) is 10.2. The first-order valence-electron chi connectivity index (χ1n) is 10.2. The Morgan fingerprint density at radius 3 is 1.43 bits per heavy atom. The summed E-state index contributed by atoms with van der Waals surface area (Å²) in [5.41, 5.74) is 14.8. The van der Waals surface area contributed by atoms with Gasteiger partial charge in [-0.15, -0.1) is 0 Å². The lowest BCUT2D eigenvalue weighted by Gasteiger charge is -2.34. The number of rotatable bonds is 2. The fraction of sp³-hybridized carbons (Fsp3) is 0.700. The lowest BCUT2D eigenvalue weighted by Crippen LogP contribution is -2.45. The molecule has 2 aromatic heterocycles. The molecule has 8 heteroatoms. The van der Waals surface area contributed by atoms with Gasteiger partial charge in [-0.2, -0.15) is 10.2 Å². The number of likely N-dealkylation sites (tertiary alicyclic amines) is 2. The van der Waals surface area contributed by atoms with Gasteiger partial charge in [0.25, 0.3) is 0 Å². The van der Waals surface area contributed by atoms with E-state index in [1.807, 2.05) is 35.9 Å². The van der Waals surface area contributed by atoms with Crippen molar-refractivity contribution in [3.63, 3.8) is 0 Å². The van der Waals surface area contributed by atoms with E-state index in [1.165, 1.54) is 11.1 Å². The molecule has 4 heterocycles. The van der Waals surface area contributed by atoms with Gasteiger partial charge in [0, 0.05) is 63.5 Å². The van der Waals surface area contributed by atoms with Crippen molar-refractivity contribution in [2.45, 2.75) is 36.8 Å². The van der Waals surface area contributed by atoms with Crippen molar-refractivity contribution in [1.29, 1.82) is 0 Å². The number of likely N-dealkylation sites (N-methyl/N-ethyl adjacent to an activating group) is 2. The molecule has 0 bridgehead atoms. The molecule has 2 aromatic rings. The fourth-order valence-corrected chi connectivity index (χ4v) is 4.39. The Morgan fingerprint density at radius 2 is 1.14 bits per heavy atom. The molecule has 0 aliphatic carbocycles. The molecule has 2 fully saturated rings. The molecule has 0 amide bonds. The van der Waals surface area contributed by atoms with Crippen LogP contribution in [0.15, 0.2) is 24.8 Å². The third kappa shape index (κ3) is 5.20. The van der Waals surface area contributed by atoms with E-state index in [2.05, 4.69) is 46.5 Å². The lowest BCUT2D eigenvalue weighted by molar-refractivity contribution is 0.228. The molecule has 0 radical (unpaired) electrons. The third-order valence-electron chi connectivity index (χ3n) is 6.03. The second-order valence-electron chi connectivity index (χ2n) is 8.54. The van der Waals surface area contributed by atoms with E-state index >= 15 is 0 Å². The monoisotopic (exact) mass is 388 g/mol. The molecule has 28 heavy (non-hydrogen) atoms. The standard InChI is InChI=1S/2C10H18N4/c2*1-13-4-3-9(10(11)7-13)8-5-12-14(2)6-8/h2*5-6,9-10H,3-4,7,11H2,1-2H3/t2*9-,10+/m10/s1. The van der Waals surface area contributed by atoms with E-state index in [1.54, 1.807) is 0 Å². The molecule has 4 rings (SSSR count). The summed E-state index contributed by atoms with van der Waals surface area (Å²) in [6.07, 6.45) is 10.3. The predicted octanol–water partition coefficient (Wildman–Crippen LogP) is 0.333. The van der Waals surface area contributed by atoms with Gasteiger partial charge in [0.2, 0.25) is 0 Å². The van der Waals surface area contributed by atoms with Crippen LogP contribution in [0.4, 0.5) is 0 Å². The first kappa shape index (κ1) is 21.0. The average molecular weight is 389 g/mol. The average Bonchev–Trinajstić information content (AvgIpc) is 3.24. The Morgan fingerprint density at radius 1 is 0.750 bits per heavy atom. The van der Waals surface area contributed by atoms with E-state index < -0.39 is 0 Å². The van der Waals surface area contributed by atoms with Crippen molar-refractivity contribution in [2.24, 2.45) is 25.6 Å². The number of hydrogen-bond donors (Lipinski definition) is 2. The lowest BCUT2D eigenvalue weighted by atomic mass is 9.88. The number of piperidine rings is 2. The SMILES string of the molecule is CN1CC[C@@H](c2cnn(C)c2)[C@H](N)C1.CN1CC[C@H](c2cnn(C)c2)[C@@H](N)C1. The molecule has 0 aromatic carbocycles. The maximum atomic E-state index is 6.13. The van der Waals surface area contributed by atoms with E-state index in [0.717, 1.165) is 39.0 Å². The Kier molecular flexibility index (Phi) is 6.87.